The molecule has 2 unspecified atom stereocenters. The van der Waals surface area contributed by atoms with Gasteiger partial charge < -0.3 is 10.8 Å². The molecular formula is C12H16ClNO2. The van der Waals surface area contributed by atoms with Crippen molar-refractivity contribution >= 4 is 17.6 Å². The van der Waals surface area contributed by atoms with Gasteiger partial charge in [0.1, 0.15) is 0 Å². The van der Waals surface area contributed by atoms with Crippen molar-refractivity contribution in [1.82, 2.24) is 0 Å². The molecule has 0 aliphatic rings. The van der Waals surface area contributed by atoms with Gasteiger partial charge in [0.2, 0.25) is 0 Å². The first-order chi connectivity index (χ1) is 7.36. The molecule has 0 spiro atoms. The van der Waals surface area contributed by atoms with Crippen molar-refractivity contribution in [1.29, 1.82) is 0 Å². The maximum Gasteiger partial charge on any atom is 0.304 e. The zero-order chi connectivity index (χ0) is 12.3. The first-order valence-electron chi connectivity index (χ1n) is 5.09. The average Bonchev–Trinajstić information content (AvgIpc) is 2.17. The van der Waals surface area contributed by atoms with Crippen LogP contribution in [0.3, 0.4) is 0 Å². The summed E-state index contributed by atoms with van der Waals surface area (Å²) in [6.45, 7) is 3.67. The van der Waals surface area contributed by atoms with Gasteiger partial charge in [-0.25, -0.2) is 0 Å². The van der Waals surface area contributed by atoms with Crippen LogP contribution >= 0.6 is 11.6 Å². The van der Waals surface area contributed by atoms with E-state index in [-0.39, 0.29) is 12.5 Å². The number of carboxylic acids is 1. The van der Waals surface area contributed by atoms with E-state index in [1.54, 1.807) is 12.1 Å². The molecule has 3 N–H and O–H groups in total. The normalized spacial score (nSPS) is 16.5. The Morgan fingerprint density at radius 2 is 2.00 bits per heavy atom. The van der Waals surface area contributed by atoms with Gasteiger partial charge in [0.25, 0.3) is 0 Å². The van der Waals surface area contributed by atoms with E-state index in [9.17, 15) is 4.79 Å². The highest BCUT2D eigenvalue weighted by Gasteiger charge is 2.33. The number of rotatable bonds is 4. The van der Waals surface area contributed by atoms with E-state index in [1.165, 1.54) is 0 Å². The van der Waals surface area contributed by atoms with Crippen LogP contribution in [0.4, 0.5) is 0 Å². The standard InChI is InChI=1S/C12H16ClNO2/c1-8(14)12(2,7-11(15)16)9-3-5-10(13)6-4-9/h3-6,8H,7,14H2,1-2H3,(H,15,16). The van der Waals surface area contributed by atoms with Gasteiger partial charge >= 0.3 is 5.97 Å². The van der Waals surface area contributed by atoms with E-state index >= 15 is 0 Å². The summed E-state index contributed by atoms with van der Waals surface area (Å²) in [5.74, 6) is -0.852. The maximum atomic E-state index is 10.9. The minimum atomic E-state index is -0.852. The number of carbonyl (C=O) groups is 1. The fraction of sp³-hybridized carbons (Fsp3) is 0.417. The second kappa shape index (κ2) is 4.85. The fourth-order valence-electron chi connectivity index (χ4n) is 1.67. The topological polar surface area (TPSA) is 63.3 Å². The number of nitrogens with two attached hydrogens (primary N) is 1. The fourth-order valence-corrected chi connectivity index (χ4v) is 1.80. The average molecular weight is 242 g/mol. The monoisotopic (exact) mass is 241 g/mol. The van der Waals surface area contributed by atoms with Crippen LogP contribution in [0.15, 0.2) is 24.3 Å². The second-order valence-electron chi connectivity index (χ2n) is 4.28. The summed E-state index contributed by atoms with van der Waals surface area (Å²) >= 11 is 5.80. The van der Waals surface area contributed by atoms with Crippen LogP contribution in [-0.2, 0) is 10.2 Å². The minimum absolute atomic E-state index is 0.00625. The first-order valence-corrected chi connectivity index (χ1v) is 5.47. The van der Waals surface area contributed by atoms with E-state index in [0.717, 1.165) is 5.56 Å². The van der Waals surface area contributed by atoms with Crippen molar-refractivity contribution in [3.8, 4) is 0 Å². The van der Waals surface area contributed by atoms with Gasteiger partial charge in [-0.2, -0.15) is 0 Å². The molecule has 88 valence electrons. The SMILES string of the molecule is CC(N)C(C)(CC(=O)O)c1ccc(Cl)cc1. The van der Waals surface area contributed by atoms with Crippen LogP contribution in [-0.4, -0.2) is 17.1 Å². The molecule has 0 amide bonds. The van der Waals surface area contributed by atoms with Gasteiger partial charge in [0.15, 0.2) is 0 Å². The van der Waals surface area contributed by atoms with Gasteiger partial charge in [-0.1, -0.05) is 30.7 Å². The van der Waals surface area contributed by atoms with E-state index < -0.39 is 11.4 Å². The van der Waals surface area contributed by atoms with Crippen molar-refractivity contribution in [2.75, 3.05) is 0 Å². The molecule has 0 saturated heterocycles. The third kappa shape index (κ3) is 2.74. The molecule has 1 aromatic rings. The minimum Gasteiger partial charge on any atom is -0.481 e. The van der Waals surface area contributed by atoms with Crippen LogP contribution in [0.1, 0.15) is 25.8 Å². The summed E-state index contributed by atoms with van der Waals surface area (Å²) in [4.78, 5) is 10.9. The Morgan fingerprint density at radius 3 is 2.38 bits per heavy atom. The van der Waals surface area contributed by atoms with Gasteiger partial charge in [0, 0.05) is 16.5 Å². The molecule has 0 aliphatic carbocycles. The molecule has 16 heavy (non-hydrogen) atoms. The number of carboxylic acid groups (broad SMARTS) is 1. The maximum absolute atomic E-state index is 10.9. The third-order valence-electron chi connectivity index (χ3n) is 3.03. The summed E-state index contributed by atoms with van der Waals surface area (Å²) in [5.41, 5.74) is 6.22. The van der Waals surface area contributed by atoms with Gasteiger partial charge in [-0.15, -0.1) is 0 Å². The predicted octanol–water partition coefficient (Wildman–Crippen LogP) is 2.42. The molecule has 1 aromatic carbocycles. The third-order valence-corrected chi connectivity index (χ3v) is 3.28. The molecule has 0 saturated carbocycles. The quantitative estimate of drug-likeness (QED) is 0.851. The van der Waals surface area contributed by atoms with E-state index in [1.807, 2.05) is 26.0 Å². The van der Waals surface area contributed by atoms with Crippen molar-refractivity contribution < 1.29 is 9.90 Å². The molecule has 4 heteroatoms. The number of hydrogen-bond donors (Lipinski definition) is 2. The Hall–Kier alpha value is -1.06. The smallest absolute Gasteiger partial charge is 0.304 e. The molecule has 3 nitrogen and oxygen atoms in total. The van der Waals surface area contributed by atoms with Crippen LogP contribution in [0.25, 0.3) is 0 Å². The van der Waals surface area contributed by atoms with E-state index in [4.69, 9.17) is 22.4 Å². The molecule has 0 bridgehead atoms. The lowest BCUT2D eigenvalue weighted by atomic mass is 9.74. The Balaban J connectivity index is 3.10. The number of benzene rings is 1. The lowest BCUT2D eigenvalue weighted by Gasteiger charge is -2.32. The Labute approximate surface area is 100 Å². The van der Waals surface area contributed by atoms with Crippen LogP contribution in [0, 0.1) is 0 Å². The molecular weight excluding hydrogens is 226 g/mol. The zero-order valence-corrected chi connectivity index (χ0v) is 10.2. The molecule has 2 atom stereocenters. The summed E-state index contributed by atoms with van der Waals surface area (Å²) in [5, 5.41) is 9.56. The van der Waals surface area contributed by atoms with Crippen LogP contribution < -0.4 is 5.73 Å². The summed E-state index contributed by atoms with van der Waals surface area (Å²) in [6.07, 6.45) is 0.00625. The molecule has 1 rings (SSSR count). The van der Waals surface area contributed by atoms with Crippen molar-refractivity contribution in [2.24, 2.45) is 5.73 Å². The van der Waals surface area contributed by atoms with Gasteiger partial charge in [-0.05, 0) is 24.6 Å². The number of aliphatic carboxylic acids is 1. The van der Waals surface area contributed by atoms with Gasteiger partial charge in [-0.3, -0.25) is 4.79 Å². The van der Waals surface area contributed by atoms with Crippen molar-refractivity contribution in [2.45, 2.75) is 31.7 Å². The first kappa shape index (κ1) is 13.0. The summed E-state index contributed by atoms with van der Waals surface area (Å²) in [7, 11) is 0. The van der Waals surface area contributed by atoms with Crippen LogP contribution in [0.2, 0.25) is 5.02 Å². The second-order valence-corrected chi connectivity index (χ2v) is 4.72. The van der Waals surface area contributed by atoms with E-state index in [2.05, 4.69) is 0 Å². The van der Waals surface area contributed by atoms with Crippen molar-refractivity contribution in [3.63, 3.8) is 0 Å². The summed E-state index contributed by atoms with van der Waals surface area (Å²) < 4.78 is 0. The Kier molecular flexibility index (Phi) is 3.94. The largest absolute Gasteiger partial charge is 0.481 e. The highest BCUT2D eigenvalue weighted by Crippen LogP contribution is 2.31. The molecule has 0 fully saturated rings. The number of hydrogen-bond acceptors (Lipinski definition) is 2. The lowest BCUT2D eigenvalue weighted by molar-refractivity contribution is -0.138. The highest BCUT2D eigenvalue weighted by molar-refractivity contribution is 6.30. The van der Waals surface area contributed by atoms with Crippen molar-refractivity contribution in [3.05, 3.63) is 34.9 Å². The van der Waals surface area contributed by atoms with Crippen LogP contribution in [0.5, 0.6) is 0 Å². The Bertz CT molecular complexity index is 375. The number of halogens is 1. The zero-order valence-electron chi connectivity index (χ0n) is 9.40. The molecule has 0 radical (unpaired) electrons. The van der Waals surface area contributed by atoms with Gasteiger partial charge in [0.05, 0.1) is 6.42 Å². The molecule has 0 heterocycles. The summed E-state index contributed by atoms with van der Waals surface area (Å²) in [6, 6.07) is 6.91. The molecule has 0 aromatic heterocycles. The Morgan fingerprint density at radius 1 is 1.50 bits per heavy atom. The molecule has 0 aliphatic heterocycles. The predicted molar refractivity (Wildman–Crippen MR) is 64.7 cm³/mol. The van der Waals surface area contributed by atoms with E-state index in [0.29, 0.717) is 5.02 Å². The highest BCUT2D eigenvalue weighted by atomic mass is 35.5. The lowest BCUT2D eigenvalue weighted by Crippen LogP contribution is -2.42.